The van der Waals surface area contributed by atoms with E-state index in [4.69, 9.17) is 0 Å². The molecule has 0 saturated carbocycles. The molecule has 0 saturated heterocycles. The van der Waals surface area contributed by atoms with Gasteiger partial charge in [0, 0.05) is 47.9 Å². The van der Waals surface area contributed by atoms with Crippen LogP contribution in [0.5, 0.6) is 0 Å². The van der Waals surface area contributed by atoms with Crippen LogP contribution in [-0.4, -0.2) is 0 Å². The van der Waals surface area contributed by atoms with Crippen LogP contribution in [0.4, 0.5) is 17.1 Å². The highest BCUT2D eigenvalue weighted by atomic mass is 33.6. The maximum absolute atomic E-state index is 3.80. The van der Waals surface area contributed by atoms with Gasteiger partial charge in [0.25, 0.3) is 0 Å². The quantitative estimate of drug-likeness (QED) is 0.0345. The van der Waals surface area contributed by atoms with Crippen molar-refractivity contribution in [2.24, 2.45) is 0 Å². The highest BCUT2D eigenvalue weighted by Gasteiger charge is 2.65. The van der Waals surface area contributed by atoms with Crippen LogP contribution >= 0.6 is 642 Å². The second-order valence-electron chi connectivity index (χ2n) is 27.5. The number of benzene rings is 7. The van der Waals surface area contributed by atoms with Crippen molar-refractivity contribution < 1.29 is 0 Å². The second-order valence-corrected chi connectivity index (χ2v) is 354. The lowest BCUT2D eigenvalue weighted by Gasteiger charge is -2.62. The van der Waals surface area contributed by atoms with E-state index >= 15 is 0 Å². The molecule has 1 heterocycles. The van der Waals surface area contributed by atoms with Crippen molar-refractivity contribution in [3.63, 3.8) is 0 Å². The molecule has 716 valence electrons. The van der Waals surface area contributed by atoms with Gasteiger partial charge in [-0.25, -0.2) is 0 Å². The summed E-state index contributed by atoms with van der Waals surface area (Å²) in [5.74, 6) is 0. The molecule has 0 radical (unpaired) electrons. The van der Waals surface area contributed by atoms with Crippen LogP contribution < -0.4 is 4.90 Å². The van der Waals surface area contributed by atoms with E-state index in [-0.39, 0.29) is 255 Å². The van der Waals surface area contributed by atoms with Crippen LogP contribution in [0.3, 0.4) is 0 Å². The Kier molecular flexibility index (Phi) is 74.5. The molecule has 0 bridgehead atoms. The van der Waals surface area contributed by atoms with Gasteiger partial charge < -0.3 is 4.90 Å². The summed E-state index contributed by atoms with van der Waals surface area (Å²) in [4.78, 5) is 2.49. The van der Waals surface area contributed by atoms with E-state index in [0.717, 1.165) is 19.3 Å². The van der Waals surface area contributed by atoms with E-state index in [9.17, 15) is 0 Å². The number of anilines is 3. The zero-order chi connectivity index (χ0) is 96.4. The van der Waals surface area contributed by atoms with Crippen molar-refractivity contribution in [2.45, 2.75) is 38.5 Å². The van der Waals surface area contributed by atoms with Crippen LogP contribution in [0, 0.1) is 0 Å². The monoisotopic (exact) mass is 3190 g/mol. The molecule has 1 aromatic heterocycles. The molecule has 44 unspecified atom stereocenters. The standard InChI is InChI=1S/C48H37NS.H81P79/c1-47(2)40-17-9-5-14-34(40)38-28-31(22-25-42(38)47)49(32-23-26-43-39(29-32)35-15-6-10-18-41(35)48(43,3)4)44-19-11-7-13-33(44)30-21-24-37-36-16-8-12-20-45(36)50-46(37)27-30;1-41-61(40)71(60(38)39)76(70(58(34)35)59(36)37)79(77(72(62(42(2)3)43(4)5)63(44(6)7)45(8)9)73(64(46(10)11)47(12)13)65(48(14)15)49(16)17)78(74(66(50(18)19)51(20)21)67(52(22)23)53(24)25)75(68(54(26)27)55(28)29)69(56(30)31)57(32)33/h5-29H,1-4H3;41H,1-40H2. The van der Waals surface area contributed by atoms with E-state index in [0.29, 0.717) is 0 Å². The van der Waals surface area contributed by atoms with Gasteiger partial charge in [-0.05, 0) is 358 Å². The normalized spacial score (nSPS) is 15.4. The average Bonchev–Trinajstić information content (AvgIpc) is 1.69. The highest BCUT2D eigenvalue weighted by molar-refractivity contribution is 9.58. The van der Waals surface area contributed by atoms with Gasteiger partial charge in [-0.3, -0.25) is 0 Å². The van der Waals surface area contributed by atoms with Crippen LogP contribution in [0.15, 0.2) is 152 Å². The molecule has 1 nitrogen and oxygen atoms in total. The zero-order valence-electron chi connectivity index (χ0n) is 69.4. The van der Waals surface area contributed by atoms with Gasteiger partial charge in [0.15, 0.2) is 0 Å². The Hall–Kier alpha value is 28.5. The lowest BCUT2D eigenvalue weighted by atomic mass is 9.82. The summed E-state index contributed by atoms with van der Waals surface area (Å²) < 4.78 is 2.65. The molecule has 8 aromatic rings. The van der Waals surface area contributed by atoms with Crippen LogP contribution in [0.25, 0.3) is 53.6 Å². The van der Waals surface area contributed by atoms with E-state index in [1.165, 1.54) is 81.5 Å². The summed E-state index contributed by atoms with van der Waals surface area (Å²) in [6.07, 6.45) is 0. The molecule has 10 rings (SSSR count). The Balaban J connectivity index is 0.000000316. The smallest absolute Gasteiger partial charge is 0.0540 e. The third-order valence-corrected chi connectivity index (χ3v) is 577. The summed E-state index contributed by atoms with van der Waals surface area (Å²) in [6, 6.07) is 56.8. The molecule has 7 aromatic carbocycles. The Morgan fingerprint density at radius 3 is 0.760 bits per heavy atom. The number of fused-ring (bicyclic) bond motifs is 9. The molecule has 0 N–H and O–H groups in total. The lowest BCUT2D eigenvalue weighted by Crippen LogP contribution is -2.16. The van der Waals surface area contributed by atoms with E-state index in [1.54, 1.807) is 0 Å². The molecular formula is C48H118NP79S. The maximum Gasteiger partial charge on any atom is 0.0540 e. The minimum absolute atomic E-state index is 0.0459. The Morgan fingerprint density at radius 1 is 0.225 bits per heavy atom. The number of para-hydroxylation sites is 1. The lowest BCUT2D eigenvalue weighted by molar-refractivity contribution is 0.660. The third-order valence-electron chi connectivity index (χ3n) is 18.5. The third kappa shape index (κ3) is 37.1. The molecular weight excluding hydrogens is 3070 g/mol. The van der Waals surface area contributed by atoms with Gasteiger partial charge in [-0.1, -0.05) is 145 Å². The Morgan fingerprint density at radius 2 is 0.465 bits per heavy atom. The van der Waals surface area contributed by atoms with Gasteiger partial charge >= 0.3 is 0 Å². The summed E-state index contributed by atoms with van der Waals surface area (Å²) in [5.41, 5.74) is 16.7. The van der Waals surface area contributed by atoms with Crippen molar-refractivity contribution in [1.82, 2.24) is 0 Å². The summed E-state index contributed by atoms with van der Waals surface area (Å²) >= 11 is 1.88. The predicted octanol–water partition coefficient (Wildman–Crippen LogP) is 60.2. The van der Waals surface area contributed by atoms with Crippen LogP contribution in [0.2, 0.25) is 0 Å². The van der Waals surface area contributed by atoms with Gasteiger partial charge in [0.2, 0.25) is 0 Å². The fourth-order valence-electron chi connectivity index (χ4n) is 13.7. The van der Waals surface area contributed by atoms with Gasteiger partial charge in [0.05, 0.1) is 5.69 Å². The summed E-state index contributed by atoms with van der Waals surface area (Å²) in [7, 11) is 148. The maximum atomic E-state index is 3.80. The zero-order valence-corrected chi connectivity index (χ0v) is 151. The minimum atomic E-state index is -0.445. The molecule has 2 aliphatic carbocycles. The molecule has 129 heavy (non-hydrogen) atoms. The van der Waals surface area contributed by atoms with Gasteiger partial charge in [0.1, 0.15) is 0 Å². The Bertz CT molecular complexity index is 4470. The minimum Gasteiger partial charge on any atom is -0.310 e. The Labute approximate surface area is 917 Å². The average molecular weight is 3190 g/mol. The number of hydrogen-bond donors (Lipinski definition) is 0. The van der Waals surface area contributed by atoms with E-state index in [2.05, 4.69) is 541 Å². The largest absolute Gasteiger partial charge is 0.310 e. The first kappa shape index (κ1) is 141. The van der Waals surface area contributed by atoms with Crippen LogP contribution in [0.1, 0.15) is 49.9 Å². The van der Waals surface area contributed by atoms with Crippen molar-refractivity contribution in [2.75, 3.05) is 4.90 Å². The van der Waals surface area contributed by atoms with Crippen molar-refractivity contribution in [3.8, 4) is 33.4 Å². The molecule has 0 amide bonds. The molecule has 44 atom stereocenters. The van der Waals surface area contributed by atoms with E-state index in [1.807, 2.05) is 11.3 Å². The summed E-state index contributed by atoms with van der Waals surface area (Å²) in [6.45, 7) is -3.35. The van der Waals surface area contributed by atoms with E-state index < -0.39 is 21.0 Å². The first-order chi connectivity index (χ1) is 60.3. The fraction of sp³-hybridized carbons (Fsp3) is 0.125. The number of nitrogens with zero attached hydrogens (tertiary/aromatic N) is 1. The van der Waals surface area contributed by atoms with Crippen LogP contribution in [-0.2, 0) is 10.8 Å². The van der Waals surface area contributed by atoms with Crippen molar-refractivity contribution >= 4 is 679 Å². The number of hydrogen-bond acceptors (Lipinski definition) is 2. The molecule has 81 heteroatoms. The number of thiophene rings is 1. The predicted molar refractivity (Wildman–Crippen MR) is 874 cm³/mol. The fourth-order valence-corrected chi connectivity index (χ4v) is 1180. The first-order valence-corrected chi connectivity index (χ1v) is 180. The molecule has 0 spiro atoms. The highest BCUT2D eigenvalue weighted by Crippen LogP contribution is 3.52. The SMILES string of the molecule is CC1(C)c2ccccc2-c2cc(N(c3ccc4c(c3)-c3ccccc3C4(C)C)c3ccccc3-c3ccc4c(c3)sc3ccccc34)ccc21.PPP(P)P(P(P)P)P(P(P(P)P)P(P)P)P(P(P(P(P(P)P)P(P)P)P(P(P)P)P(P)P)P(P(P(P)P)P(P)P)P(P(P)P)P(P)P)P(P(P(P(P)P)P(P)P)P(P(P)P)P(P)P)P(P(P(P)P)P(P)P)P(P(P)P)P(P)P. The number of rotatable bonds is 42. The van der Waals surface area contributed by atoms with Crippen molar-refractivity contribution in [3.05, 3.63) is 174 Å². The second kappa shape index (κ2) is 68.3. The first-order valence-electron chi connectivity index (χ1n) is 35.6. The van der Waals surface area contributed by atoms with Gasteiger partial charge in [-0.2, -0.15) is 0 Å². The topological polar surface area (TPSA) is 3.24 Å². The summed E-state index contributed by atoms with van der Waals surface area (Å²) in [5, 5.41) is 2.65. The molecule has 0 aliphatic heterocycles. The molecule has 2 aliphatic rings. The van der Waals surface area contributed by atoms with Gasteiger partial charge in [-0.15, -0.1) is 368 Å². The van der Waals surface area contributed by atoms with Crippen molar-refractivity contribution in [1.29, 1.82) is 0 Å². The molecule has 0 fully saturated rings.